The van der Waals surface area contributed by atoms with E-state index in [4.69, 9.17) is 15.5 Å². The minimum atomic E-state index is -3.76. The van der Waals surface area contributed by atoms with E-state index in [-0.39, 0.29) is 50.8 Å². The van der Waals surface area contributed by atoms with E-state index >= 15 is 0 Å². The maximum absolute atomic E-state index is 13.8. The minimum Gasteiger partial charge on any atom is -0.395 e. The van der Waals surface area contributed by atoms with E-state index in [0.717, 1.165) is 11.8 Å². The molecular formula is C27H33N7O6S. The lowest BCUT2D eigenvalue weighted by Gasteiger charge is -2.34. The summed E-state index contributed by atoms with van der Waals surface area (Å²) in [7, 11) is -3.76. The molecule has 0 spiro atoms. The maximum atomic E-state index is 13.8. The van der Waals surface area contributed by atoms with E-state index in [1.54, 1.807) is 24.3 Å². The monoisotopic (exact) mass is 583 g/mol. The Morgan fingerprint density at radius 3 is 2.66 bits per heavy atom. The fraction of sp³-hybridized carbons (Fsp3) is 0.519. The Hall–Kier alpha value is -3.89. The number of amides is 2. The van der Waals surface area contributed by atoms with Gasteiger partial charge in [0.1, 0.15) is 12.3 Å². The molecule has 0 atom stereocenters. The van der Waals surface area contributed by atoms with Crippen LogP contribution in [0.4, 0.5) is 0 Å². The summed E-state index contributed by atoms with van der Waals surface area (Å²) in [5, 5.41) is 26.0. The van der Waals surface area contributed by atoms with Crippen molar-refractivity contribution in [3.8, 4) is 6.07 Å². The van der Waals surface area contributed by atoms with Crippen molar-refractivity contribution in [3.63, 3.8) is 0 Å². The van der Waals surface area contributed by atoms with Gasteiger partial charge in [-0.25, -0.2) is 8.42 Å². The number of fused-ring (bicyclic) bond motifs is 1. The van der Waals surface area contributed by atoms with E-state index in [1.807, 2.05) is 6.07 Å². The van der Waals surface area contributed by atoms with Crippen LogP contribution in [-0.4, -0.2) is 93.4 Å². The van der Waals surface area contributed by atoms with Crippen molar-refractivity contribution in [2.24, 2.45) is 0 Å². The number of benzene rings is 1. The number of hydrogen-bond acceptors (Lipinski definition) is 8. The summed E-state index contributed by atoms with van der Waals surface area (Å²) in [5.74, 6) is -0.894. The topological polar surface area (TPSA) is 191 Å². The molecule has 1 saturated carbocycles. The van der Waals surface area contributed by atoms with Crippen molar-refractivity contribution in [2.75, 3.05) is 32.9 Å². The molecule has 0 radical (unpaired) electrons. The van der Waals surface area contributed by atoms with Gasteiger partial charge in [-0.15, -0.1) is 0 Å². The summed E-state index contributed by atoms with van der Waals surface area (Å²) >= 11 is 0. The summed E-state index contributed by atoms with van der Waals surface area (Å²) in [5.41, 5.74) is 10.6. The summed E-state index contributed by atoms with van der Waals surface area (Å²) in [4.78, 5) is 31.3. The van der Waals surface area contributed by atoms with E-state index in [0.29, 0.717) is 30.4 Å². The Kier molecular flexibility index (Phi) is 8.74. The van der Waals surface area contributed by atoms with E-state index in [9.17, 15) is 23.1 Å². The van der Waals surface area contributed by atoms with Crippen LogP contribution in [-0.2, 0) is 34.1 Å². The highest BCUT2D eigenvalue weighted by Gasteiger charge is 2.60. The number of aliphatic hydroxyl groups is 1. The molecule has 2 N–H and O–H groups in total. The molecule has 1 fully saturated rings. The van der Waals surface area contributed by atoms with Gasteiger partial charge < -0.3 is 25.6 Å². The van der Waals surface area contributed by atoms with Crippen LogP contribution in [0.5, 0.6) is 0 Å². The Morgan fingerprint density at radius 1 is 1.34 bits per heavy atom. The molecule has 2 aromatic rings. The van der Waals surface area contributed by atoms with Crippen LogP contribution in [0.25, 0.3) is 5.53 Å². The van der Waals surface area contributed by atoms with Gasteiger partial charge in [-0.05, 0) is 50.8 Å². The van der Waals surface area contributed by atoms with E-state index < -0.39 is 37.8 Å². The van der Waals surface area contributed by atoms with Crippen LogP contribution in [0.15, 0.2) is 24.3 Å². The molecule has 1 aliphatic heterocycles. The van der Waals surface area contributed by atoms with E-state index in [1.165, 1.54) is 23.4 Å². The maximum Gasteiger partial charge on any atom is 0.282 e. The quantitative estimate of drug-likeness (QED) is 0.149. The second kappa shape index (κ2) is 11.9. The first-order chi connectivity index (χ1) is 19.5. The second-order valence-corrected chi connectivity index (χ2v) is 13.8. The van der Waals surface area contributed by atoms with Crippen LogP contribution in [0.2, 0.25) is 0 Å². The zero-order chi connectivity index (χ0) is 29.8. The molecule has 41 heavy (non-hydrogen) atoms. The number of carbonyl (C=O) groups is 2. The summed E-state index contributed by atoms with van der Waals surface area (Å²) < 4.78 is 31.1. The van der Waals surface area contributed by atoms with Gasteiger partial charge >= 0.3 is 0 Å². The van der Waals surface area contributed by atoms with Crippen LogP contribution in [0.1, 0.15) is 64.4 Å². The molecule has 1 aromatic carbocycles. The third kappa shape index (κ3) is 5.94. The van der Waals surface area contributed by atoms with Crippen molar-refractivity contribution in [3.05, 3.63) is 57.9 Å². The van der Waals surface area contributed by atoms with E-state index in [2.05, 4.69) is 15.2 Å². The molecular weight excluding hydrogens is 550 g/mol. The number of ether oxygens (including phenoxy) is 1. The third-order valence-electron chi connectivity index (χ3n) is 7.61. The van der Waals surface area contributed by atoms with Crippen LogP contribution in [0.3, 0.4) is 0 Å². The number of rotatable bonds is 13. The predicted molar refractivity (Wildman–Crippen MR) is 147 cm³/mol. The fourth-order valence-corrected chi connectivity index (χ4v) is 7.23. The summed E-state index contributed by atoms with van der Waals surface area (Å²) in [6, 6.07) is 8.83. The van der Waals surface area contributed by atoms with Crippen molar-refractivity contribution in [2.45, 2.75) is 55.7 Å². The molecule has 218 valence electrons. The van der Waals surface area contributed by atoms with Crippen LogP contribution in [0, 0.1) is 11.3 Å². The Balaban J connectivity index is 1.57. The van der Waals surface area contributed by atoms with Crippen molar-refractivity contribution >= 4 is 27.9 Å². The zero-order valence-electron chi connectivity index (χ0n) is 23.0. The molecule has 1 aromatic heterocycles. The largest absolute Gasteiger partial charge is 0.395 e. The first-order valence-corrected chi connectivity index (χ1v) is 14.7. The summed E-state index contributed by atoms with van der Waals surface area (Å²) in [6.45, 7) is 3.13. The number of aromatic nitrogens is 2. The number of aliphatic hydroxyl groups excluding tert-OH is 1. The minimum absolute atomic E-state index is 0.00803. The van der Waals surface area contributed by atoms with Gasteiger partial charge in [0.15, 0.2) is 15.5 Å². The van der Waals surface area contributed by atoms with Gasteiger partial charge in [0.25, 0.3) is 18.0 Å². The van der Waals surface area contributed by atoms with Gasteiger partial charge in [0.2, 0.25) is 0 Å². The lowest BCUT2D eigenvalue weighted by molar-refractivity contribution is -0.00745. The molecule has 0 bridgehead atoms. The highest BCUT2D eigenvalue weighted by atomic mass is 32.2. The highest BCUT2D eigenvalue weighted by Crippen LogP contribution is 2.49. The fourth-order valence-electron chi connectivity index (χ4n) is 4.92. The number of carbonyl (C=O) groups excluding carboxylic acids is 2. The third-order valence-corrected chi connectivity index (χ3v) is 10.9. The van der Waals surface area contributed by atoms with Gasteiger partial charge in [0, 0.05) is 25.2 Å². The molecule has 2 aliphatic rings. The highest BCUT2D eigenvalue weighted by molar-refractivity contribution is 7.94. The number of sulfone groups is 1. The van der Waals surface area contributed by atoms with Gasteiger partial charge in [0.05, 0.1) is 40.9 Å². The van der Waals surface area contributed by atoms with Crippen molar-refractivity contribution < 1.29 is 32.6 Å². The van der Waals surface area contributed by atoms with Crippen LogP contribution < -0.4 is 5.32 Å². The molecule has 14 heteroatoms. The number of hydrogen-bond donors (Lipinski definition) is 2. The number of nitrogens with one attached hydrogen (secondary N) is 1. The summed E-state index contributed by atoms with van der Waals surface area (Å²) in [6.07, 6.45) is 2.27. The molecule has 0 unspecified atom stereocenters. The molecule has 2 heterocycles. The standard InChI is InChI=1S/C27H33N7O6S/c1-26(2,18-35)41(38,39)27(8-9-27)17-33-11-7-21-22(24(36)30-16-20-5-3-19(15-28)4-6-20)32-34(23(21)25(33)37)12-14-40-13-10-31-29/h3-6,10,35H,7-9,11-14,16-18H2,1-2H3,(H,30,36). The van der Waals surface area contributed by atoms with Crippen molar-refractivity contribution in [1.29, 1.82) is 5.26 Å². The molecule has 4 rings (SSSR count). The SMILES string of the molecule is CC(C)(CO)S(=O)(=O)C1(CN2CCc3c(C(=O)NCc4ccc(C#N)cc4)nn(CCOCC=[N+]=[N-])c3C2=O)CC1. The molecule has 0 saturated heterocycles. The number of nitriles is 1. The Morgan fingerprint density at radius 2 is 2.05 bits per heavy atom. The molecule has 13 nitrogen and oxygen atoms in total. The Bertz CT molecular complexity index is 1510. The molecule has 1 aliphatic carbocycles. The Labute approximate surface area is 238 Å². The average Bonchev–Trinajstić information content (AvgIpc) is 3.67. The van der Waals surface area contributed by atoms with Gasteiger partial charge in [-0.2, -0.15) is 15.2 Å². The van der Waals surface area contributed by atoms with Gasteiger partial charge in [-0.3, -0.25) is 14.3 Å². The normalized spacial score (nSPS) is 16.0. The van der Waals surface area contributed by atoms with Crippen LogP contribution >= 0.6 is 0 Å². The van der Waals surface area contributed by atoms with Crippen molar-refractivity contribution in [1.82, 2.24) is 20.0 Å². The smallest absolute Gasteiger partial charge is 0.282 e. The number of nitrogens with zero attached hydrogens (tertiary/aromatic N) is 6. The zero-order valence-corrected chi connectivity index (χ0v) is 23.9. The second-order valence-electron chi connectivity index (χ2n) is 10.8. The first kappa shape index (κ1) is 30.1. The molecule has 2 amide bonds. The first-order valence-electron chi connectivity index (χ1n) is 13.2. The average molecular weight is 584 g/mol. The van der Waals surface area contributed by atoms with Gasteiger partial charge in [-0.1, -0.05) is 12.1 Å². The predicted octanol–water partition coefficient (Wildman–Crippen LogP) is 0.719. The lowest BCUT2D eigenvalue weighted by atomic mass is 10.0. The lowest BCUT2D eigenvalue weighted by Crippen LogP contribution is -2.51.